The van der Waals surface area contributed by atoms with E-state index in [1.54, 1.807) is 4.90 Å². The molecule has 1 N–H and O–H groups in total. The van der Waals surface area contributed by atoms with Gasteiger partial charge in [-0.25, -0.2) is 0 Å². The number of nitrogens with zero attached hydrogens (tertiary/aromatic N) is 3. The summed E-state index contributed by atoms with van der Waals surface area (Å²) in [6.45, 7) is 1.92. The molecule has 1 aromatic carbocycles. The molecule has 0 bridgehead atoms. The molecule has 0 aliphatic carbocycles. The van der Waals surface area contributed by atoms with Crippen LogP contribution in [0.15, 0.2) is 28.8 Å². The van der Waals surface area contributed by atoms with Crippen LogP contribution >= 0.6 is 0 Å². The van der Waals surface area contributed by atoms with Crippen LogP contribution in [0.2, 0.25) is 0 Å². The summed E-state index contributed by atoms with van der Waals surface area (Å²) < 4.78 is 53.0. The number of halogens is 3. The number of aromatic nitrogens is 2. The number of rotatable bonds is 5. The summed E-state index contributed by atoms with van der Waals surface area (Å²) in [5.41, 5.74) is 0.567. The average Bonchev–Trinajstić information content (AvgIpc) is 3.50. The van der Waals surface area contributed by atoms with Crippen LogP contribution in [-0.2, 0) is 20.4 Å². The van der Waals surface area contributed by atoms with E-state index in [-0.39, 0.29) is 29.9 Å². The van der Waals surface area contributed by atoms with Crippen molar-refractivity contribution in [3.8, 4) is 11.4 Å². The Hall–Kier alpha value is -2.99. The first kappa shape index (κ1) is 22.2. The van der Waals surface area contributed by atoms with Gasteiger partial charge in [-0.3, -0.25) is 9.59 Å². The number of hydrogen-bond donors (Lipinski definition) is 1. The van der Waals surface area contributed by atoms with Crippen LogP contribution in [0.1, 0.15) is 29.1 Å². The molecule has 172 valence electrons. The van der Waals surface area contributed by atoms with Gasteiger partial charge in [0.2, 0.25) is 5.82 Å². The van der Waals surface area contributed by atoms with Crippen LogP contribution in [0.25, 0.3) is 11.4 Å². The van der Waals surface area contributed by atoms with Gasteiger partial charge in [-0.2, -0.15) is 18.2 Å². The second kappa shape index (κ2) is 9.25. The molecule has 2 aliphatic heterocycles. The van der Waals surface area contributed by atoms with E-state index in [9.17, 15) is 22.8 Å². The molecule has 32 heavy (non-hydrogen) atoms. The fraction of sp³-hybridized carbons (Fsp3) is 0.500. The zero-order chi connectivity index (χ0) is 22.7. The van der Waals surface area contributed by atoms with Gasteiger partial charge in [0.05, 0.1) is 19.3 Å². The maximum Gasteiger partial charge on any atom is 0.471 e. The SMILES string of the molecule is O=C(NCC1COCCN1C(=O)C1CCCO1)c1ccc(-c2noc(C(F)(F)F)n2)cc1. The zero-order valence-corrected chi connectivity index (χ0v) is 16.9. The van der Waals surface area contributed by atoms with E-state index >= 15 is 0 Å². The van der Waals surface area contributed by atoms with Gasteiger partial charge in [0.15, 0.2) is 0 Å². The Morgan fingerprint density at radius 2 is 1.97 bits per heavy atom. The number of benzene rings is 1. The summed E-state index contributed by atoms with van der Waals surface area (Å²) in [7, 11) is 0. The topological polar surface area (TPSA) is 107 Å². The van der Waals surface area contributed by atoms with Crippen LogP contribution in [0, 0.1) is 0 Å². The quantitative estimate of drug-likeness (QED) is 0.735. The van der Waals surface area contributed by atoms with E-state index in [0.29, 0.717) is 38.3 Å². The lowest BCUT2D eigenvalue weighted by molar-refractivity contribution is -0.159. The first-order chi connectivity index (χ1) is 15.3. The van der Waals surface area contributed by atoms with Crippen molar-refractivity contribution in [3.63, 3.8) is 0 Å². The molecule has 2 amide bonds. The summed E-state index contributed by atoms with van der Waals surface area (Å²) >= 11 is 0. The Labute approximate surface area is 180 Å². The molecule has 12 heteroatoms. The van der Waals surface area contributed by atoms with Gasteiger partial charge in [0.25, 0.3) is 11.8 Å². The lowest BCUT2D eigenvalue weighted by Crippen LogP contribution is -2.55. The average molecular weight is 454 g/mol. The maximum atomic E-state index is 12.7. The number of alkyl halides is 3. The largest absolute Gasteiger partial charge is 0.471 e. The van der Waals surface area contributed by atoms with Crippen molar-refractivity contribution in [3.05, 3.63) is 35.7 Å². The third kappa shape index (κ3) is 4.91. The lowest BCUT2D eigenvalue weighted by atomic mass is 10.1. The van der Waals surface area contributed by atoms with Gasteiger partial charge in [0, 0.05) is 30.8 Å². The number of carbonyl (C=O) groups excluding carboxylic acids is 2. The smallest absolute Gasteiger partial charge is 0.377 e. The molecule has 2 atom stereocenters. The van der Waals surface area contributed by atoms with Crippen molar-refractivity contribution >= 4 is 11.8 Å². The highest BCUT2D eigenvalue weighted by atomic mass is 19.4. The molecule has 2 saturated heterocycles. The van der Waals surface area contributed by atoms with Gasteiger partial charge in [-0.05, 0) is 25.0 Å². The summed E-state index contributed by atoms with van der Waals surface area (Å²) in [4.78, 5) is 30.2. The van der Waals surface area contributed by atoms with E-state index in [1.807, 2.05) is 0 Å². The number of carbonyl (C=O) groups is 2. The highest BCUT2D eigenvalue weighted by Crippen LogP contribution is 2.29. The molecule has 9 nitrogen and oxygen atoms in total. The Bertz CT molecular complexity index is 957. The Balaban J connectivity index is 1.36. The van der Waals surface area contributed by atoms with Crippen molar-refractivity contribution in [2.45, 2.75) is 31.2 Å². The minimum atomic E-state index is -4.73. The Morgan fingerprint density at radius 1 is 1.19 bits per heavy atom. The molecule has 2 unspecified atom stereocenters. The van der Waals surface area contributed by atoms with E-state index in [0.717, 1.165) is 6.42 Å². The van der Waals surface area contributed by atoms with Crippen LogP contribution < -0.4 is 5.32 Å². The van der Waals surface area contributed by atoms with Crippen molar-refractivity contribution in [2.75, 3.05) is 32.9 Å². The Morgan fingerprint density at radius 3 is 2.62 bits per heavy atom. The predicted molar refractivity (Wildman–Crippen MR) is 102 cm³/mol. The number of amides is 2. The van der Waals surface area contributed by atoms with E-state index < -0.39 is 24.1 Å². The van der Waals surface area contributed by atoms with Crippen molar-refractivity contribution in [1.29, 1.82) is 0 Å². The van der Waals surface area contributed by atoms with Crippen LogP contribution in [0.4, 0.5) is 13.2 Å². The van der Waals surface area contributed by atoms with Gasteiger partial charge < -0.3 is 24.2 Å². The van der Waals surface area contributed by atoms with Gasteiger partial charge in [-0.15, -0.1) is 0 Å². The molecule has 2 aromatic rings. The highest BCUT2D eigenvalue weighted by Gasteiger charge is 2.38. The summed E-state index contributed by atoms with van der Waals surface area (Å²) in [6, 6.07) is 5.43. The molecule has 0 spiro atoms. The fourth-order valence-electron chi connectivity index (χ4n) is 3.61. The number of ether oxygens (including phenoxy) is 2. The van der Waals surface area contributed by atoms with Gasteiger partial charge in [-0.1, -0.05) is 17.3 Å². The second-order valence-corrected chi connectivity index (χ2v) is 7.47. The van der Waals surface area contributed by atoms with Crippen LogP contribution in [0.3, 0.4) is 0 Å². The molecule has 0 radical (unpaired) electrons. The van der Waals surface area contributed by atoms with Crippen LogP contribution in [-0.4, -0.2) is 71.9 Å². The van der Waals surface area contributed by atoms with Crippen molar-refractivity contribution < 1.29 is 36.8 Å². The summed E-state index contributed by atoms with van der Waals surface area (Å²) in [6.07, 6.45) is -3.64. The highest BCUT2D eigenvalue weighted by molar-refractivity contribution is 5.94. The van der Waals surface area contributed by atoms with E-state index in [4.69, 9.17) is 9.47 Å². The van der Waals surface area contributed by atoms with E-state index in [1.165, 1.54) is 24.3 Å². The maximum absolute atomic E-state index is 12.7. The summed E-state index contributed by atoms with van der Waals surface area (Å²) in [5.74, 6) is -2.15. The molecule has 0 saturated carbocycles. The molecular weight excluding hydrogens is 433 g/mol. The first-order valence-corrected chi connectivity index (χ1v) is 10.1. The molecule has 3 heterocycles. The summed E-state index contributed by atoms with van der Waals surface area (Å²) in [5, 5.41) is 6.09. The van der Waals surface area contributed by atoms with Crippen molar-refractivity contribution in [1.82, 2.24) is 20.4 Å². The molecular formula is C20H21F3N4O5. The number of morpholine rings is 1. The lowest BCUT2D eigenvalue weighted by Gasteiger charge is -2.36. The molecule has 2 aliphatic rings. The predicted octanol–water partition coefficient (Wildman–Crippen LogP) is 1.89. The van der Waals surface area contributed by atoms with Crippen molar-refractivity contribution in [2.24, 2.45) is 0 Å². The van der Waals surface area contributed by atoms with Crippen LogP contribution in [0.5, 0.6) is 0 Å². The molecule has 1 aromatic heterocycles. The minimum Gasteiger partial charge on any atom is -0.377 e. The normalized spacial score (nSPS) is 21.5. The number of nitrogens with one attached hydrogen (secondary N) is 1. The van der Waals surface area contributed by atoms with Gasteiger partial charge in [0.1, 0.15) is 6.10 Å². The molecule has 2 fully saturated rings. The standard InChI is InChI=1S/C20H21F3N4O5/c21-20(22,23)19-25-16(26-32-19)12-3-5-13(6-4-12)17(28)24-10-14-11-30-9-7-27(14)18(29)15-2-1-8-31-15/h3-6,14-15H,1-2,7-11H2,(H,24,28). The number of hydrogen-bond acceptors (Lipinski definition) is 7. The minimum absolute atomic E-state index is 0.0901. The zero-order valence-electron chi connectivity index (χ0n) is 16.9. The van der Waals surface area contributed by atoms with Gasteiger partial charge >= 0.3 is 12.1 Å². The monoisotopic (exact) mass is 454 g/mol. The second-order valence-electron chi connectivity index (χ2n) is 7.47. The fourth-order valence-corrected chi connectivity index (χ4v) is 3.61. The molecule has 4 rings (SSSR count). The first-order valence-electron chi connectivity index (χ1n) is 10.1. The van der Waals surface area contributed by atoms with E-state index in [2.05, 4.69) is 20.0 Å². The third-order valence-electron chi connectivity index (χ3n) is 5.29. The Kier molecular flexibility index (Phi) is 6.42. The third-order valence-corrected chi connectivity index (χ3v) is 5.29.